The minimum absolute atomic E-state index is 0.00685. The number of nitrogens with one attached hydrogen (secondary N) is 1. The highest BCUT2D eigenvalue weighted by atomic mass is 79.9. The number of thioether (sulfide) groups is 1. The van der Waals surface area contributed by atoms with Gasteiger partial charge in [0.2, 0.25) is 11.8 Å². The van der Waals surface area contributed by atoms with E-state index in [0.717, 1.165) is 17.3 Å². The van der Waals surface area contributed by atoms with E-state index in [9.17, 15) is 14.0 Å². The summed E-state index contributed by atoms with van der Waals surface area (Å²) in [6, 6.07) is 18.4. The van der Waals surface area contributed by atoms with Gasteiger partial charge in [-0.15, -0.1) is 11.8 Å². The number of carbonyl (C=O) groups is 2. The van der Waals surface area contributed by atoms with Crippen LogP contribution in [-0.4, -0.2) is 21.9 Å². The molecule has 1 N–H and O–H groups in total. The number of nitrogens with zero attached hydrogens (tertiary/aromatic N) is 1. The van der Waals surface area contributed by atoms with E-state index in [0.29, 0.717) is 20.1 Å². The Bertz CT molecular complexity index is 1430. The van der Waals surface area contributed by atoms with Crippen molar-refractivity contribution < 1.29 is 18.7 Å². The Balaban J connectivity index is 1.49. The van der Waals surface area contributed by atoms with Crippen LogP contribution < -0.4 is 10.1 Å². The fourth-order valence-corrected chi connectivity index (χ4v) is 6.28. The number of benzene rings is 2. The maximum Gasteiger partial charge on any atom is 0.242 e. The minimum Gasteiger partial charge on any atom is -0.436 e. The first-order valence-corrected chi connectivity index (χ1v) is 13.7. The van der Waals surface area contributed by atoms with Gasteiger partial charge in [-0.05, 0) is 58.8 Å². The molecule has 2 atom stereocenters. The molecule has 10 heteroatoms. The van der Waals surface area contributed by atoms with Crippen molar-refractivity contribution in [2.24, 2.45) is 0 Å². The molecule has 5 rings (SSSR count). The summed E-state index contributed by atoms with van der Waals surface area (Å²) in [7, 11) is 0. The van der Waals surface area contributed by atoms with Gasteiger partial charge in [0.25, 0.3) is 0 Å². The van der Waals surface area contributed by atoms with Crippen molar-refractivity contribution in [3.63, 3.8) is 0 Å². The summed E-state index contributed by atoms with van der Waals surface area (Å²) in [6.07, 6.45) is -0.0132. The maximum atomic E-state index is 14.3. The number of Topliss-reactive ketones (excluding diaryl/α,β-unsaturated/α-hetero) is 1. The van der Waals surface area contributed by atoms with Crippen molar-refractivity contribution in [3.8, 4) is 11.6 Å². The molecule has 1 amide bonds. The lowest BCUT2D eigenvalue weighted by molar-refractivity contribution is -0.133. The molecule has 2 unspecified atom stereocenters. The largest absolute Gasteiger partial charge is 0.436 e. The average Bonchev–Trinajstić information content (AvgIpc) is 3.40. The fraction of sp³-hybridized carbons (Fsp3) is 0.115. The molecule has 1 aliphatic heterocycles. The molecule has 3 heterocycles. The van der Waals surface area contributed by atoms with Crippen molar-refractivity contribution in [1.29, 1.82) is 0 Å². The standard InChI is InChI=1S/C26H17BrClFN2O3S2/c27-16-8-9-20(18(29)12-16)34-23-7-3-6-22(30-23)26(15-10-11-35-14-15)13-19(32)24(25(33)31-26)36-21-5-2-1-4-17(21)28/h1-12,14,24H,13H2,(H,31,33). The minimum atomic E-state index is -1.19. The van der Waals surface area contributed by atoms with E-state index in [1.165, 1.54) is 23.5 Å². The van der Waals surface area contributed by atoms with Crippen molar-refractivity contribution in [2.75, 3.05) is 0 Å². The first-order valence-electron chi connectivity index (χ1n) is 10.7. The van der Waals surface area contributed by atoms with E-state index in [4.69, 9.17) is 16.3 Å². The lowest BCUT2D eigenvalue weighted by Crippen LogP contribution is -2.58. The van der Waals surface area contributed by atoms with Crippen LogP contribution in [0.2, 0.25) is 5.02 Å². The van der Waals surface area contributed by atoms with Gasteiger partial charge in [-0.3, -0.25) is 9.59 Å². The van der Waals surface area contributed by atoms with E-state index in [2.05, 4.69) is 26.2 Å². The topological polar surface area (TPSA) is 68.3 Å². The maximum absolute atomic E-state index is 14.3. The highest BCUT2D eigenvalue weighted by Crippen LogP contribution is 2.41. The van der Waals surface area contributed by atoms with Crippen LogP contribution in [0.5, 0.6) is 11.6 Å². The Labute approximate surface area is 228 Å². The summed E-state index contributed by atoms with van der Waals surface area (Å²) < 4.78 is 20.6. The fourth-order valence-electron chi connectivity index (χ4n) is 3.97. The van der Waals surface area contributed by atoms with Gasteiger partial charge in [0.1, 0.15) is 10.8 Å². The van der Waals surface area contributed by atoms with Gasteiger partial charge < -0.3 is 10.1 Å². The Morgan fingerprint density at radius 3 is 2.69 bits per heavy atom. The lowest BCUT2D eigenvalue weighted by atomic mass is 9.79. The Morgan fingerprint density at radius 2 is 1.97 bits per heavy atom. The van der Waals surface area contributed by atoms with Crippen molar-refractivity contribution in [2.45, 2.75) is 22.1 Å². The van der Waals surface area contributed by atoms with Crippen molar-refractivity contribution in [3.05, 3.63) is 104 Å². The molecule has 1 fully saturated rings. The second kappa shape index (κ2) is 10.3. The molecule has 0 spiro atoms. The summed E-state index contributed by atoms with van der Waals surface area (Å²) in [5.41, 5.74) is -0.0442. The number of pyridine rings is 1. The second-order valence-electron chi connectivity index (χ2n) is 8.02. The monoisotopic (exact) mass is 602 g/mol. The number of hydrogen-bond donors (Lipinski definition) is 1. The summed E-state index contributed by atoms with van der Waals surface area (Å²) in [4.78, 5) is 32.0. The van der Waals surface area contributed by atoms with Gasteiger partial charge in [-0.25, -0.2) is 9.37 Å². The molecule has 0 bridgehead atoms. The Morgan fingerprint density at radius 1 is 1.14 bits per heavy atom. The predicted molar refractivity (Wildman–Crippen MR) is 142 cm³/mol. The summed E-state index contributed by atoms with van der Waals surface area (Å²) in [6.45, 7) is 0. The molecule has 182 valence electrons. The van der Waals surface area contributed by atoms with Gasteiger partial charge in [0, 0.05) is 21.9 Å². The number of aromatic nitrogens is 1. The summed E-state index contributed by atoms with van der Waals surface area (Å²) in [5, 5.41) is 6.33. The highest BCUT2D eigenvalue weighted by molar-refractivity contribution is 9.10. The summed E-state index contributed by atoms with van der Waals surface area (Å²) >= 11 is 12.1. The zero-order valence-corrected chi connectivity index (χ0v) is 22.4. The van der Waals surface area contributed by atoms with Crippen LogP contribution in [-0.2, 0) is 15.1 Å². The molecule has 0 radical (unpaired) electrons. The molecule has 36 heavy (non-hydrogen) atoms. The van der Waals surface area contributed by atoms with E-state index in [1.807, 2.05) is 16.8 Å². The van der Waals surface area contributed by atoms with Gasteiger partial charge >= 0.3 is 0 Å². The Hall–Kier alpha value is -2.72. The van der Waals surface area contributed by atoms with E-state index in [-0.39, 0.29) is 23.8 Å². The van der Waals surface area contributed by atoms with E-state index in [1.54, 1.807) is 48.5 Å². The zero-order chi connectivity index (χ0) is 25.3. The number of carbonyl (C=O) groups excluding carboxylic acids is 2. The average molecular weight is 604 g/mol. The number of rotatable bonds is 6. The van der Waals surface area contributed by atoms with Crippen LogP contribution in [0.1, 0.15) is 17.7 Å². The molecule has 2 aromatic carbocycles. The quantitative estimate of drug-likeness (QED) is 0.241. The molecule has 4 aromatic rings. The van der Waals surface area contributed by atoms with Gasteiger partial charge in [-0.1, -0.05) is 45.7 Å². The lowest BCUT2D eigenvalue weighted by Gasteiger charge is -2.39. The molecular formula is C26H17BrClFN2O3S2. The van der Waals surface area contributed by atoms with E-state index < -0.39 is 22.5 Å². The van der Waals surface area contributed by atoms with Gasteiger partial charge in [-0.2, -0.15) is 11.3 Å². The van der Waals surface area contributed by atoms with Crippen LogP contribution in [0.4, 0.5) is 4.39 Å². The highest BCUT2D eigenvalue weighted by Gasteiger charge is 2.48. The molecule has 0 saturated carbocycles. The number of hydrogen-bond acceptors (Lipinski definition) is 6. The third kappa shape index (κ3) is 4.93. The Kier molecular flexibility index (Phi) is 7.16. The van der Waals surface area contributed by atoms with Crippen molar-refractivity contribution in [1.82, 2.24) is 10.3 Å². The van der Waals surface area contributed by atoms with Crippen LogP contribution in [0.3, 0.4) is 0 Å². The van der Waals surface area contributed by atoms with Crippen LogP contribution >= 0.6 is 50.6 Å². The zero-order valence-electron chi connectivity index (χ0n) is 18.4. The third-order valence-electron chi connectivity index (χ3n) is 5.67. The predicted octanol–water partition coefficient (Wildman–Crippen LogP) is 6.98. The molecular weight excluding hydrogens is 587 g/mol. The molecule has 0 aliphatic carbocycles. The first-order chi connectivity index (χ1) is 17.4. The molecule has 2 aromatic heterocycles. The molecule has 1 aliphatic rings. The SMILES string of the molecule is O=C1CC(c2ccsc2)(c2cccc(Oc3ccc(Br)cc3F)n2)NC(=O)C1Sc1ccccc1Cl. The number of ketones is 1. The summed E-state index contributed by atoms with van der Waals surface area (Å²) in [5.74, 6) is -1.09. The third-order valence-corrected chi connectivity index (χ3v) is 8.61. The number of ether oxygens (including phenoxy) is 1. The van der Waals surface area contributed by atoms with Gasteiger partial charge in [0.05, 0.1) is 10.7 Å². The number of thiophene rings is 1. The number of amides is 1. The van der Waals surface area contributed by atoms with Crippen LogP contribution in [0, 0.1) is 5.82 Å². The number of halogens is 3. The van der Waals surface area contributed by atoms with Crippen molar-refractivity contribution >= 4 is 62.3 Å². The van der Waals surface area contributed by atoms with Gasteiger partial charge in [0.15, 0.2) is 17.3 Å². The van der Waals surface area contributed by atoms with Crippen LogP contribution in [0.15, 0.2) is 86.9 Å². The molecule has 5 nitrogen and oxygen atoms in total. The van der Waals surface area contributed by atoms with Crippen LogP contribution in [0.25, 0.3) is 0 Å². The molecule has 1 saturated heterocycles. The first kappa shape index (κ1) is 25.0. The van der Waals surface area contributed by atoms with E-state index >= 15 is 0 Å². The smallest absolute Gasteiger partial charge is 0.242 e. The second-order valence-corrected chi connectivity index (χ2v) is 11.3. The normalized spacial score (nSPS) is 19.7. The number of piperidine rings is 1.